The number of ether oxygens (including phenoxy) is 1. The highest BCUT2D eigenvalue weighted by atomic mass is 19.1. The maximum Gasteiger partial charge on any atom is 0.224 e. The smallest absolute Gasteiger partial charge is 0.224 e. The van der Waals surface area contributed by atoms with Crippen LogP contribution in [0.5, 0.6) is 5.75 Å². The van der Waals surface area contributed by atoms with Gasteiger partial charge in [-0.2, -0.15) is 0 Å². The number of hydrogen-bond donors (Lipinski definition) is 1. The van der Waals surface area contributed by atoms with Gasteiger partial charge >= 0.3 is 0 Å². The zero-order chi connectivity index (χ0) is 15.1. The van der Waals surface area contributed by atoms with E-state index in [-0.39, 0.29) is 18.1 Å². The molecule has 2 aromatic rings. The van der Waals surface area contributed by atoms with Gasteiger partial charge in [0.1, 0.15) is 11.6 Å². The number of benzene rings is 2. The van der Waals surface area contributed by atoms with Crippen LogP contribution in [0.3, 0.4) is 0 Å². The highest BCUT2D eigenvalue weighted by molar-refractivity contribution is 5.78. The molecule has 3 nitrogen and oxygen atoms in total. The minimum atomic E-state index is -0.325. The first-order chi connectivity index (χ1) is 10.2. The molecule has 4 heteroatoms. The van der Waals surface area contributed by atoms with E-state index in [1.54, 1.807) is 19.2 Å². The summed E-state index contributed by atoms with van der Waals surface area (Å²) in [5.74, 6) is 0.377. The number of hydrogen-bond acceptors (Lipinski definition) is 2. The van der Waals surface area contributed by atoms with E-state index in [1.807, 2.05) is 24.3 Å². The second-order valence-corrected chi connectivity index (χ2v) is 4.72. The third kappa shape index (κ3) is 4.60. The minimum Gasteiger partial charge on any atom is -0.496 e. The molecule has 0 radical (unpaired) electrons. The van der Waals surface area contributed by atoms with Crippen LogP contribution >= 0.6 is 0 Å². The van der Waals surface area contributed by atoms with E-state index < -0.39 is 0 Å². The first kappa shape index (κ1) is 15.0. The fourth-order valence-electron chi connectivity index (χ4n) is 2.14. The predicted octanol–water partition coefficient (Wildman–Crippen LogP) is 2.74. The number of halogens is 1. The largest absolute Gasteiger partial charge is 0.496 e. The summed E-state index contributed by atoms with van der Waals surface area (Å²) in [5, 5.41) is 2.83. The molecule has 1 N–H and O–H groups in total. The molecule has 0 aromatic heterocycles. The van der Waals surface area contributed by atoms with Crippen LogP contribution in [0, 0.1) is 5.82 Å². The lowest BCUT2D eigenvalue weighted by atomic mass is 10.1. The molecule has 2 rings (SSSR count). The molecule has 0 aliphatic rings. The van der Waals surface area contributed by atoms with Crippen LogP contribution in [0.1, 0.15) is 11.1 Å². The maximum atomic E-state index is 13.0. The molecule has 0 bridgehead atoms. The maximum absolute atomic E-state index is 13.0. The van der Waals surface area contributed by atoms with Crippen molar-refractivity contribution in [3.8, 4) is 5.75 Å². The van der Waals surface area contributed by atoms with Crippen molar-refractivity contribution in [2.75, 3.05) is 13.7 Å². The molecule has 0 atom stereocenters. The SMILES string of the molecule is COc1ccccc1CCNC(=O)Cc1cccc(F)c1. The number of methoxy groups -OCH3 is 1. The molecule has 110 valence electrons. The fourth-order valence-corrected chi connectivity index (χ4v) is 2.14. The van der Waals surface area contributed by atoms with Crippen LogP contribution in [0.25, 0.3) is 0 Å². The van der Waals surface area contributed by atoms with Crippen molar-refractivity contribution in [1.82, 2.24) is 5.32 Å². The molecule has 21 heavy (non-hydrogen) atoms. The Morgan fingerprint density at radius 3 is 2.76 bits per heavy atom. The molecule has 0 spiro atoms. The lowest BCUT2D eigenvalue weighted by Gasteiger charge is -2.09. The van der Waals surface area contributed by atoms with Crippen LogP contribution in [0.4, 0.5) is 4.39 Å². The summed E-state index contributed by atoms with van der Waals surface area (Å²) >= 11 is 0. The van der Waals surface area contributed by atoms with Crippen LogP contribution in [0.2, 0.25) is 0 Å². The van der Waals surface area contributed by atoms with Crippen molar-refractivity contribution >= 4 is 5.91 Å². The van der Waals surface area contributed by atoms with Gasteiger partial charge in [0, 0.05) is 6.54 Å². The average Bonchev–Trinajstić information content (AvgIpc) is 2.47. The molecular formula is C17H18FNO2. The second-order valence-electron chi connectivity index (χ2n) is 4.72. The first-order valence-corrected chi connectivity index (χ1v) is 6.82. The van der Waals surface area contributed by atoms with Gasteiger partial charge in [0.2, 0.25) is 5.91 Å². The molecule has 0 aliphatic carbocycles. The van der Waals surface area contributed by atoms with E-state index in [4.69, 9.17) is 4.74 Å². The number of amides is 1. The Balaban J connectivity index is 1.82. The van der Waals surface area contributed by atoms with Gasteiger partial charge in [-0.1, -0.05) is 30.3 Å². The van der Waals surface area contributed by atoms with E-state index in [0.29, 0.717) is 18.5 Å². The highest BCUT2D eigenvalue weighted by Crippen LogP contribution is 2.17. The molecule has 0 heterocycles. The number of nitrogens with one attached hydrogen (secondary N) is 1. The minimum absolute atomic E-state index is 0.115. The molecule has 0 unspecified atom stereocenters. The Morgan fingerprint density at radius 2 is 2.00 bits per heavy atom. The molecule has 1 amide bonds. The van der Waals surface area contributed by atoms with E-state index in [0.717, 1.165) is 11.3 Å². The Hall–Kier alpha value is -2.36. The summed E-state index contributed by atoms with van der Waals surface area (Å²) in [6.07, 6.45) is 0.878. The Kier molecular flexibility index (Phi) is 5.32. The van der Waals surface area contributed by atoms with Gasteiger partial charge in [0.05, 0.1) is 13.5 Å². The predicted molar refractivity (Wildman–Crippen MR) is 79.8 cm³/mol. The normalized spacial score (nSPS) is 10.2. The summed E-state index contributed by atoms with van der Waals surface area (Å²) in [6.45, 7) is 0.522. The van der Waals surface area contributed by atoms with Crippen molar-refractivity contribution in [3.63, 3.8) is 0 Å². The summed E-state index contributed by atoms with van der Waals surface area (Å²) in [5.41, 5.74) is 1.72. The Morgan fingerprint density at radius 1 is 1.19 bits per heavy atom. The van der Waals surface area contributed by atoms with Crippen molar-refractivity contribution < 1.29 is 13.9 Å². The van der Waals surface area contributed by atoms with Crippen LogP contribution < -0.4 is 10.1 Å². The zero-order valence-corrected chi connectivity index (χ0v) is 11.9. The Bertz CT molecular complexity index is 613. The Labute approximate surface area is 123 Å². The average molecular weight is 287 g/mol. The standard InChI is InChI=1S/C17H18FNO2/c1-21-16-8-3-2-6-14(16)9-10-19-17(20)12-13-5-4-7-15(18)11-13/h2-8,11H,9-10,12H2,1H3,(H,19,20). The van der Waals surface area contributed by atoms with Gasteiger partial charge in [-0.05, 0) is 35.7 Å². The number of carbonyl (C=O) groups excluding carboxylic acids is 1. The van der Waals surface area contributed by atoms with E-state index in [9.17, 15) is 9.18 Å². The van der Waals surface area contributed by atoms with Crippen LogP contribution in [-0.2, 0) is 17.6 Å². The summed E-state index contributed by atoms with van der Waals surface area (Å²) in [4.78, 5) is 11.8. The first-order valence-electron chi connectivity index (χ1n) is 6.82. The summed E-state index contributed by atoms with van der Waals surface area (Å²) in [6, 6.07) is 13.8. The second kappa shape index (κ2) is 7.43. The quantitative estimate of drug-likeness (QED) is 0.887. The zero-order valence-electron chi connectivity index (χ0n) is 11.9. The van der Waals surface area contributed by atoms with Crippen molar-refractivity contribution in [2.45, 2.75) is 12.8 Å². The van der Waals surface area contributed by atoms with Gasteiger partial charge in [0.25, 0.3) is 0 Å². The topological polar surface area (TPSA) is 38.3 Å². The van der Waals surface area contributed by atoms with E-state index in [2.05, 4.69) is 5.32 Å². The van der Waals surface area contributed by atoms with Gasteiger partial charge in [-0.15, -0.1) is 0 Å². The lowest BCUT2D eigenvalue weighted by molar-refractivity contribution is -0.120. The molecule has 0 aliphatic heterocycles. The third-order valence-electron chi connectivity index (χ3n) is 3.16. The fraction of sp³-hybridized carbons (Fsp3) is 0.235. The molecular weight excluding hydrogens is 269 g/mol. The summed E-state index contributed by atoms with van der Waals surface area (Å²) in [7, 11) is 1.63. The molecule has 0 saturated heterocycles. The van der Waals surface area contributed by atoms with Gasteiger partial charge in [-0.3, -0.25) is 4.79 Å². The highest BCUT2D eigenvalue weighted by Gasteiger charge is 2.05. The van der Waals surface area contributed by atoms with Gasteiger partial charge in [-0.25, -0.2) is 4.39 Å². The summed E-state index contributed by atoms with van der Waals surface area (Å²) < 4.78 is 18.3. The van der Waals surface area contributed by atoms with Gasteiger partial charge in [0.15, 0.2) is 0 Å². The number of rotatable bonds is 6. The number of para-hydroxylation sites is 1. The van der Waals surface area contributed by atoms with Crippen LogP contribution in [-0.4, -0.2) is 19.6 Å². The molecule has 0 fully saturated rings. The molecule has 0 saturated carbocycles. The lowest BCUT2D eigenvalue weighted by Crippen LogP contribution is -2.27. The van der Waals surface area contributed by atoms with Gasteiger partial charge < -0.3 is 10.1 Å². The van der Waals surface area contributed by atoms with Crippen molar-refractivity contribution in [2.24, 2.45) is 0 Å². The van der Waals surface area contributed by atoms with Crippen LogP contribution in [0.15, 0.2) is 48.5 Å². The number of carbonyl (C=O) groups is 1. The van der Waals surface area contributed by atoms with Crippen molar-refractivity contribution in [3.05, 3.63) is 65.5 Å². The van der Waals surface area contributed by atoms with Crippen molar-refractivity contribution in [1.29, 1.82) is 0 Å². The monoisotopic (exact) mass is 287 g/mol. The molecule has 2 aromatic carbocycles. The van der Waals surface area contributed by atoms with E-state index in [1.165, 1.54) is 12.1 Å². The van der Waals surface area contributed by atoms with E-state index >= 15 is 0 Å². The third-order valence-corrected chi connectivity index (χ3v) is 3.16.